The Kier molecular flexibility index (Phi) is 6.65. The van der Waals surface area contributed by atoms with E-state index in [4.69, 9.17) is 10.2 Å². The quantitative estimate of drug-likeness (QED) is 0.734. The normalized spacial score (nSPS) is 12.1. The summed E-state index contributed by atoms with van der Waals surface area (Å²) in [7, 11) is 0. The molecule has 0 aliphatic heterocycles. The van der Waals surface area contributed by atoms with Crippen molar-refractivity contribution in [2.45, 2.75) is 18.3 Å². The number of benzene rings is 2. The lowest BCUT2D eigenvalue weighted by atomic mass is 10.0. The largest absolute Gasteiger partial charge is 0.396 e. The number of carbonyl (C=O) groups is 1. The van der Waals surface area contributed by atoms with Gasteiger partial charge in [-0.25, -0.2) is 0 Å². The number of carbonyl (C=O) groups excluding carboxylic acids is 1. The first-order valence-electron chi connectivity index (χ1n) is 7.25. The van der Waals surface area contributed by atoms with E-state index in [1.807, 2.05) is 54.6 Å². The maximum atomic E-state index is 12.4. The fourth-order valence-corrected chi connectivity index (χ4v) is 3.22. The molecule has 2 aromatic carbocycles. The number of thioether (sulfide) groups is 1. The van der Waals surface area contributed by atoms with Crippen LogP contribution in [0.2, 0.25) is 0 Å². The number of ketones is 1. The zero-order valence-corrected chi connectivity index (χ0v) is 13.1. The molecule has 0 saturated carbocycles. The molecule has 1 unspecified atom stereocenters. The van der Waals surface area contributed by atoms with Gasteiger partial charge in [0.05, 0.1) is 13.2 Å². The van der Waals surface area contributed by atoms with Crippen LogP contribution in [-0.2, 0) is 6.61 Å². The van der Waals surface area contributed by atoms with Crippen molar-refractivity contribution in [3.8, 4) is 0 Å². The Morgan fingerprint density at radius 2 is 1.68 bits per heavy atom. The molecule has 3 nitrogen and oxygen atoms in total. The second-order valence-electron chi connectivity index (χ2n) is 4.98. The Balaban J connectivity index is 2.13. The van der Waals surface area contributed by atoms with Crippen LogP contribution in [0.5, 0.6) is 0 Å². The number of hydrogen-bond donors (Lipinski definition) is 2. The Morgan fingerprint density at radius 3 is 2.27 bits per heavy atom. The molecule has 0 heterocycles. The lowest BCUT2D eigenvalue weighted by Crippen LogP contribution is -2.07. The summed E-state index contributed by atoms with van der Waals surface area (Å²) < 4.78 is 0. The third kappa shape index (κ3) is 4.70. The van der Waals surface area contributed by atoms with E-state index in [2.05, 4.69) is 0 Å². The van der Waals surface area contributed by atoms with E-state index < -0.39 is 0 Å². The van der Waals surface area contributed by atoms with E-state index in [1.54, 1.807) is 11.8 Å². The molecule has 0 amide bonds. The Bertz CT molecular complexity index is 581. The van der Waals surface area contributed by atoms with Crippen molar-refractivity contribution >= 4 is 17.5 Å². The van der Waals surface area contributed by atoms with E-state index in [1.165, 1.54) is 0 Å². The van der Waals surface area contributed by atoms with Crippen molar-refractivity contribution in [3.63, 3.8) is 0 Å². The maximum absolute atomic E-state index is 12.4. The zero-order valence-electron chi connectivity index (χ0n) is 12.3. The van der Waals surface area contributed by atoms with Gasteiger partial charge in [-0.05, 0) is 11.1 Å². The highest BCUT2D eigenvalue weighted by Crippen LogP contribution is 2.33. The van der Waals surface area contributed by atoms with Gasteiger partial charge >= 0.3 is 0 Å². The number of hydrogen-bond acceptors (Lipinski definition) is 4. The summed E-state index contributed by atoms with van der Waals surface area (Å²) in [5.41, 5.74) is 2.60. The Hall–Kier alpha value is -1.62. The van der Waals surface area contributed by atoms with Crippen LogP contribution in [0.15, 0.2) is 54.6 Å². The number of Topliss-reactive ketones (excluding diaryl/α,β-unsaturated/α-hetero) is 1. The van der Waals surface area contributed by atoms with Gasteiger partial charge in [0, 0.05) is 23.0 Å². The molecule has 4 heteroatoms. The van der Waals surface area contributed by atoms with Gasteiger partial charge in [0.25, 0.3) is 0 Å². The van der Waals surface area contributed by atoms with Crippen LogP contribution in [-0.4, -0.2) is 28.4 Å². The number of aliphatic hydroxyl groups excluding tert-OH is 2. The summed E-state index contributed by atoms with van der Waals surface area (Å²) in [6.07, 6.45) is 0.396. The van der Waals surface area contributed by atoms with Gasteiger partial charge in [-0.1, -0.05) is 54.6 Å². The maximum Gasteiger partial charge on any atom is 0.164 e. The van der Waals surface area contributed by atoms with Gasteiger partial charge in [-0.3, -0.25) is 4.79 Å². The van der Waals surface area contributed by atoms with E-state index in [0.29, 0.717) is 17.7 Å². The van der Waals surface area contributed by atoms with Gasteiger partial charge in [0.2, 0.25) is 0 Å². The van der Waals surface area contributed by atoms with Gasteiger partial charge in [0.15, 0.2) is 5.78 Å². The molecule has 0 radical (unpaired) electrons. The highest BCUT2D eigenvalue weighted by Gasteiger charge is 2.17. The Labute approximate surface area is 135 Å². The highest BCUT2D eigenvalue weighted by atomic mass is 32.2. The highest BCUT2D eigenvalue weighted by molar-refractivity contribution is 7.99. The second-order valence-corrected chi connectivity index (χ2v) is 6.29. The zero-order chi connectivity index (χ0) is 15.8. The fourth-order valence-electron chi connectivity index (χ4n) is 2.22. The Morgan fingerprint density at radius 1 is 1.00 bits per heavy atom. The van der Waals surface area contributed by atoms with Crippen LogP contribution in [0.25, 0.3) is 0 Å². The molecule has 0 aliphatic carbocycles. The van der Waals surface area contributed by atoms with Gasteiger partial charge in [-0.15, -0.1) is 0 Å². The molecule has 2 rings (SSSR count). The SMILES string of the molecule is O=C(CC(SCCO)c1ccc(CO)cc1)c1ccccc1. The third-order valence-electron chi connectivity index (χ3n) is 3.41. The minimum absolute atomic E-state index is 0.00704. The molecule has 0 aliphatic rings. The predicted molar refractivity (Wildman–Crippen MR) is 90.0 cm³/mol. The predicted octanol–water partition coefficient (Wildman–Crippen LogP) is 3.22. The molecule has 1 atom stereocenters. The average Bonchev–Trinajstić information content (AvgIpc) is 2.59. The molecule has 0 fully saturated rings. The molecular formula is C18H20O3S. The van der Waals surface area contributed by atoms with Gasteiger partial charge < -0.3 is 10.2 Å². The van der Waals surface area contributed by atoms with Gasteiger partial charge in [-0.2, -0.15) is 11.8 Å². The molecule has 116 valence electrons. The number of aliphatic hydroxyl groups is 2. The van der Waals surface area contributed by atoms with Crippen LogP contribution in [0.4, 0.5) is 0 Å². The third-order valence-corrected chi connectivity index (χ3v) is 4.67. The molecule has 2 aromatic rings. The standard InChI is InChI=1S/C18H20O3S/c19-10-11-22-18(16-8-6-14(13-20)7-9-16)12-17(21)15-4-2-1-3-5-15/h1-9,18-20H,10-13H2. The minimum Gasteiger partial charge on any atom is -0.396 e. The summed E-state index contributed by atoms with van der Waals surface area (Å²) >= 11 is 1.58. The molecule has 0 spiro atoms. The first-order chi connectivity index (χ1) is 10.7. The van der Waals surface area contributed by atoms with E-state index >= 15 is 0 Å². The minimum atomic E-state index is 0.00704. The summed E-state index contributed by atoms with van der Waals surface area (Å²) in [6.45, 7) is 0.104. The average molecular weight is 316 g/mol. The topological polar surface area (TPSA) is 57.5 Å². The molecule has 0 aromatic heterocycles. The number of rotatable bonds is 8. The summed E-state index contributed by atoms with van der Waals surface area (Å²) in [6, 6.07) is 16.9. The smallest absolute Gasteiger partial charge is 0.164 e. The summed E-state index contributed by atoms with van der Waals surface area (Å²) in [5, 5.41) is 18.2. The second kappa shape index (κ2) is 8.73. The molecular weight excluding hydrogens is 296 g/mol. The monoisotopic (exact) mass is 316 g/mol. The van der Waals surface area contributed by atoms with Crippen molar-refractivity contribution in [2.75, 3.05) is 12.4 Å². The summed E-state index contributed by atoms with van der Waals surface area (Å²) in [4.78, 5) is 12.4. The van der Waals surface area contributed by atoms with E-state index in [9.17, 15) is 4.79 Å². The van der Waals surface area contributed by atoms with Crippen LogP contribution in [0.1, 0.15) is 33.2 Å². The molecule has 2 N–H and O–H groups in total. The fraction of sp³-hybridized carbons (Fsp3) is 0.278. The first-order valence-corrected chi connectivity index (χ1v) is 8.30. The van der Waals surface area contributed by atoms with Crippen LogP contribution < -0.4 is 0 Å². The lowest BCUT2D eigenvalue weighted by molar-refractivity contribution is 0.0982. The van der Waals surface area contributed by atoms with Crippen LogP contribution in [0.3, 0.4) is 0 Å². The molecule has 22 heavy (non-hydrogen) atoms. The lowest BCUT2D eigenvalue weighted by Gasteiger charge is -2.16. The summed E-state index contributed by atoms with van der Waals surface area (Å²) in [5.74, 6) is 0.691. The van der Waals surface area contributed by atoms with E-state index in [0.717, 1.165) is 11.1 Å². The van der Waals surface area contributed by atoms with Crippen LogP contribution >= 0.6 is 11.8 Å². The van der Waals surface area contributed by atoms with Crippen molar-refractivity contribution in [3.05, 3.63) is 71.3 Å². The van der Waals surface area contributed by atoms with Crippen molar-refractivity contribution < 1.29 is 15.0 Å². The molecule has 0 bridgehead atoms. The molecule has 0 saturated heterocycles. The first kappa shape index (κ1) is 16.7. The van der Waals surface area contributed by atoms with Crippen molar-refractivity contribution in [1.82, 2.24) is 0 Å². The van der Waals surface area contributed by atoms with Crippen molar-refractivity contribution in [1.29, 1.82) is 0 Å². The van der Waals surface area contributed by atoms with Gasteiger partial charge in [0.1, 0.15) is 0 Å². The van der Waals surface area contributed by atoms with Crippen LogP contribution in [0, 0.1) is 0 Å². The van der Waals surface area contributed by atoms with E-state index in [-0.39, 0.29) is 24.2 Å². The van der Waals surface area contributed by atoms with Crippen molar-refractivity contribution in [2.24, 2.45) is 0 Å².